The standard InChI is InChI=1S/C49H95NO4/c1-3-5-7-9-11-13-15-16-17-18-19-20-21-22-23-24-25-26-27-28-29-30-31-32-34-36-38-40-42-44-48(53)49(54)50-46(45-51)47(52)43-41-39-37-35-33-14-12-10-8-6-4-2/h22-23,41,43,46-48,51-53H,3-21,24-40,42,44-45H2,1-2H3,(H,50,54)/b23-22-,43-41+. The summed E-state index contributed by atoms with van der Waals surface area (Å²) in [5.41, 5.74) is 0. The molecule has 0 aromatic rings. The molecule has 3 unspecified atom stereocenters. The summed E-state index contributed by atoms with van der Waals surface area (Å²) in [5, 5.41) is 33.1. The highest BCUT2D eigenvalue weighted by molar-refractivity contribution is 5.80. The molecule has 0 spiro atoms. The quantitative estimate of drug-likeness (QED) is 0.0368. The van der Waals surface area contributed by atoms with Crippen molar-refractivity contribution in [3.05, 3.63) is 24.3 Å². The molecule has 0 aliphatic carbocycles. The van der Waals surface area contributed by atoms with Crippen molar-refractivity contribution < 1.29 is 20.1 Å². The normalized spacial score (nSPS) is 13.6. The molecule has 0 aromatic heterocycles. The summed E-state index contributed by atoms with van der Waals surface area (Å²) in [4.78, 5) is 12.5. The Bertz CT molecular complexity index is 799. The number of unbranched alkanes of at least 4 members (excludes halogenated alkanes) is 34. The van der Waals surface area contributed by atoms with Crippen molar-refractivity contribution in [3.63, 3.8) is 0 Å². The van der Waals surface area contributed by atoms with E-state index in [0.29, 0.717) is 6.42 Å². The molecule has 0 bridgehead atoms. The summed E-state index contributed by atoms with van der Waals surface area (Å²) < 4.78 is 0. The fourth-order valence-electron chi connectivity index (χ4n) is 7.47. The molecule has 0 fully saturated rings. The smallest absolute Gasteiger partial charge is 0.249 e. The lowest BCUT2D eigenvalue weighted by molar-refractivity contribution is -0.131. The van der Waals surface area contributed by atoms with Crippen LogP contribution < -0.4 is 5.32 Å². The van der Waals surface area contributed by atoms with E-state index in [4.69, 9.17) is 0 Å². The Balaban J connectivity index is 3.53. The van der Waals surface area contributed by atoms with Crippen LogP contribution in [0.15, 0.2) is 24.3 Å². The molecule has 1 amide bonds. The summed E-state index contributed by atoms with van der Waals surface area (Å²) in [5.74, 6) is -0.502. The minimum atomic E-state index is -1.09. The topological polar surface area (TPSA) is 89.8 Å². The van der Waals surface area contributed by atoms with Crippen LogP contribution in [0.5, 0.6) is 0 Å². The van der Waals surface area contributed by atoms with Gasteiger partial charge in [-0.1, -0.05) is 237 Å². The van der Waals surface area contributed by atoms with Crippen molar-refractivity contribution in [1.29, 1.82) is 0 Å². The SMILES string of the molecule is CCCCCCCCCCC/C=C/C(O)C(CO)NC(=O)C(O)CCCCCCCCCCCCCCC/C=C\CCCCCCCCCCCCCC. The van der Waals surface area contributed by atoms with Gasteiger partial charge in [0.1, 0.15) is 6.10 Å². The Hall–Kier alpha value is -1.17. The van der Waals surface area contributed by atoms with Gasteiger partial charge in [-0.3, -0.25) is 4.79 Å². The van der Waals surface area contributed by atoms with Crippen molar-refractivity contribution >= 4 is 5.91 Å². The average Bonchev–Trinajstić information content (AvgIpc) is 3.18. The zero-order valence-corrected chi connectivity index (χ0v) is 36.4. The van der Waals surface area contributed by atoms with E-state index in [1.54, 1.807) is 6.08 Å². The van der Waals surface area contributed by atoms with Crippen LogP contribution in [0, 0.1) is 0 Å². The van der Waals surface area contributed by atoms with Crippen LogP contribution in [-0.2, 0) is 4.79 Å². The molecular formula is C49H95NO4. The van der Waals surface area contributed by atoms with Gasteiger partial charge in [-0.25, -0.2) is 0 Å². The Labute approximate surface area is 337 Å². The first kappa shape index (κ1) is 52.8. The van der Waals surface area contributed by atoms with E-state index in [-0.39, 0.29) is 6.61 Å². The molecule has 0 saturated carbocycles. The van der Waals surface area contributed by atoms with Gasteiger partial charge in [-0.05, 0) is 44.9 Å². The highest BCUT2D eigenvalue weighted by Crippen LogP contribution is 2.16. The summed E-state index contributed by atoms with van der Waals surface area (Å²) in [7, 11) is 0. The Morgan fingerprint density at radius 3 is 1.07 bits per heavy atom. The number of aliphatic hydroxyl groups excluding tert-OH is 3. The Morgan fingerprint density at radius 2 is 0.741 bits per heavy atom. The zero-order chi connectivity index (χ0) is 39.4. The summed E-state index contributed by atoms with van der Waals surface area (Å²) >= 11 is 0. The van der Waals surface area contributed by atoms with Gasteiger partial charge in [-0.2, -0.15) is 0 Å². The Morgan fingerprint density at radius 1 is 0.444 bits per heavy atom. The molecule has 0 saturated heterocycles. The number of hydrogen-bond donors (Lipinski definition) is 4. The van der Waals surface area contributed by atoms with Gasteiger partial charge in [0.15, 0.2) is 0 Å². The van der Waals surface area contributed by atoms with Crippen LogP contribution in [0.1, 0.15) is 258 Å². The molecule has 0 radical (unpaired) electrons. The number of aliphatic hydroxyl groups is 3. The fourth-order valence-corrected chi connectivity index (χ4v) is 7.47. The first-order valence-electron chi connectivity index (χ1n) is 24.2. The maximum atomic E-state index is 12.5. The van der Waals surface area contributed by atoms with E-state index in [1.807, 2.05) is 6.08 Å². The number of amides is 1. The molecule has 3 atom stereocenters. The van der Waals surface area contributed by atoms with E-state index >= 15 is 0 Å². The number of nitrogens with one attached hydrogen (secondary N) is 1. The summed E-state index contributed by atoms with van der Waals surface area (Å²) in [6.45, 7) is 4.18. The van der Waals surface area contributed by atoms with Gasteiger partial charge in [0, 0.05) is 0 Å². The van der Waals surface area contributed by atoms with Crippen LogP contribution in [0.3, 0.4) is 0 Å². The third kappa shape index (κ3) is 39.1. The molecule has 320 valence electrons. The molecule has 0 aliphatic heterocycles. The number of carbonyl (C=O) groups is 1. The second kappa shape index (κ2) is 44.5. The van der Waals surface area contributed by atoms with Crippen molar-refractivity contribution in [2.24, 2.45) is 0 Å². The monoisotopic (exact) mass is 762 g/mol. The van der Waals surface area contributed by atoms with Gasteiger partial charge in [-0.15, -0.1) is 0 Å². The van der Waals surface area contributed by atoms with E-state index in [9.17, 15) is 20.1 Å². The van der Waals surface area contributed by atoms with Crippen LogP contribution in [0.2, 0.25) is 0 Å². The summed E-state index contributed by atoms with van der Waals surface area (Å²) in [6, 6.07) is -0.794. The lowest BCUT2D eigenvalue weighted by Gasteiger charge is -2.21. The predicted octanol–water partition coefficient (Wildman–Crippen LogP) is 14.2. The number of hydrogen-bond acceptors (Lipinski definition) is 4. The van der Waals surface area contributed by atoms with E-state index in [2.05, 4.69) is 31.3 Å². The molecule has 0 aromatic carbocycles. The maximum absolute atomic E-state index is 12.5. The van der Waals surface area contributed by atoms with Gasteiger partial charge < -0.3 is 20.6 Å². The van der Waals surface area contributed by atoms with Gasteiger partial charge in [0.05, 0.1) is 18.8 Å². The fraction of sp³-hybridized carbons (Fsp3) is 0.898. The largest absolute Gasteiger partial charge is 0.394 e. The first-order valence-corrected chi connectivity index (χ1v) is 24.2. The molecule has 54 heavy (non-hydrogen) atoms. The van der Waals surface area contributed by atoms with Gasteiger partial charge in [0.2, 0.25) is 5.91 Å². The van der Waals surface area contributed by atoms with Gasteiger partial charge in [0.25, 0.3) is 0 Å². The van der Waals surface area contributed by atoms with Crippen molar-refractivity contribution in [2.75, 3.05) is 6.61 Å². The molecule has 4 N–H and O–H groups in total. The third-order valence-corrected chi connectivity index (χ3v) is 11.3. The van der Waals surface area contributed by atoms with E-state index < -0.39 is 24.2 Å². The van der Waals surface area contributed by atoms with E-state index in [1.165, 1.54) is 205 Å². The highest BCUT2D eigenvalue weighted by atomic mass is 16.3. The van der Waals surface area contributed by atoms with Crippen molar-refractivity contribution in [3.8, 4) is 0 Å². The Kier molecular flexibility index (Phi) is 43.6. The molecule has 0 aliphatic rings. The number of carbonyl (C=O) groups excluding carboxylic acids is 1. The molecule has 5 heteroatoms. The third-order valence-electron chi connectivity index (χ3n) is 11.3. The second-order valence-electron chi connectivity index (χ2n) is 16.7. The maximum Gasteiger partial charge on any atom is 0.249 e. The second-order valence-corrected chi connectivity index (χ2v) is 16.7. The highest BCUT2D eigenvalue weighted by Gasteiger charge is 2.22. The molecule has 0 heterocycles. The van der Waals surface area contributed by atoms with Crippen LogP contribution >= 0.6 is 0 Å². The number of allylic oxidation sites excluding steroid dienone is 3. The molecule has 0 rings (SSSR count). The van der Waals surface area contributed by atoms with E-state index in [0.717, 1.165) is 32.1 Å². The first-order chi connectivity index (χ1) is 26.6. The van der Waals surface area contributed by atoms with Crippen molar-refractivity contribution in [2.45, 2.75) is 276 Å². The van der Waals surface area contributed by atoms with Crippen LogP contribution in [0.25, 0.3) is 0 Å². The predicted molar refractivity (Wildman–Crippen MR) is 236 cm³/mol. The lowest BCUT2D eigenvalue weighted by Crippen LogP contribution is -2.48. The zero-order valence-electron chi connectivity index (χ0n) is 36.4. The molecule has 5 nitrogen and oxygen atoms in total. The van der Waals surface area contributed by atoms with Crippen LogP contribution in [-0.4, -0.2) is 46.1 Å². The average molecular weight is 762 g/mol. The number of rotatable bonds is 44. The minimum absolute atomic E-state index is 0.362. The minimum Gasteiger partial charge on any atom is -0.394 e. The summed E-state index contributed by atoms with van der Waals surface area (Å²) in [6.07, 6.45) is 55.2. The molecular weight excluding hydrogens is 667 g/mol. The lowest BCUT2D eigenvalue weighted by atomic mass is 10.0. The van der Waals surface area contributed by atoms with Gasteiger partial charge >= 0.3 is 0 Å². The van der Waals surface area contributed by atoms with Crippen molar-refractivity contribution in [1.82, 2.24) is 5.32 Å². The van der Waals surface area contributed by atoms with Crippen LogP contribution in [0.4, 0.5) is 0 Å².